The molecular formula is C21H18F4N2O2S. The second kappa shape index (κ2) is 7.55. The molecule has 0 unspecified atom stereocenters. The fourth-order valence-corrected chi connectivity index (χ4v) is 5.16. The van der Waals surface area contributed by atoms with Crippen LogP contribution >= 0.6 is 0 Å². The molecule has 0 aliphatic carbocycles. The lowest BCUT2D eigenvalue weighted by atomic mass is 10.1. The van der Waals surface area contributed by atoms with E-state index in [1.165, 1.54) is 27.4 Å². The Morgan fingerprint density at radius 2 is 1.47 bits per heavy atom. The van der Waals surface area contributed by atoms with Crippen molar-refractivity contribution in [2.75, 3.05) is 31.1 Å². The van der Waals surface area contributed by atoms with Crippen LogP contribution in [0.5, 0.6) is 0 Å². The Hall–Kier alpha value is -2.65. The Bertz CT molecular complexity index is 1190. The highest BCUT2D eigenvalue weighted by atomic mass is 32.2. The molecule has 0 aromatic heterocycles. The Labute approximate surface area is 171 Å². The smallest absolute Gasteiger partial charge is 0.368 e. The maximum atomic E-state index is 13.9. The molecule has 30 heavy (non-hydrogen) atoms. The molecule has 0 atom stereocenters. The SMILES string of the molecule is O=S(=O)(c1ccc2ccccc2c1)N1CCN(c2cccc(F)c2C(F)(F)F)CC1. The van der Waals surface area contributed by atoms with Gasteiger partial charge in [-0.05, 0) is 35.0 Å². The van der Waals surface area contributed by atoms with Crippen molar-refractivity contribution in [3.05, 3.63) is 72.0 Å². The molecule has 1 aliphatic rings. The van der Waals surface area contributed by atoms with Gasteiger partial charge in [0.05, 0.1) is 10.6 Å². The van der Waals surface area contributed by atoms with E-state index in [1.54, 1.807) is 12.1 Å². The minimum Gasteiger partial charge on any atom is -0.368 e. The molecule has 0 N–H and O–H groups in total. The summed E-state index contributed by atoms with van der Waals surface area (Å²) in [6.45, 7) is 0.0601. The number of halogens is 4. The average molecular weight is 438 g/mol. The molecule has 1 heterocycles. The Morgan fingerprint density at radius 3 is 2.13 bits per heavy atom. The van der Waals surface area contributed by atoms with Gasteiger partial charge in [0, 0.05) is 26.2 Å². The molecule has 1 aliphatic heterocycles. The van der Waals surface area contributed by atoms with E-state index < -0.39 is 27.6 Å². The molecule has 3 aromatic rings. The summed E-state index contributed by atoms with van der Waals surface area (Å²) in [5, 5.41) is 1.69. The Morgan fingerprint density at radius 1 is 0.800 bits per heavy atom. The minimum atomic E-state index is -4.84. The first kappa shape index (κ1) is 20.6. The molecule has 4 nitrogen and oxygen atoms in total. The van der Waals surface area contributed by atoms with Crippen LogP contribution < -0.4 is 4.90 Å². The van der Waals surface area contributed by atoms with E-state index in [9.17, 15) is 26.0 Å². The summed E-state index contributed by atoms with van der Waals surface area (Å²) in [5.74, 6) is -1.34. The molecule has 0 spiro atoms. The number of alkyl halides is 3. The van der Waals surface area contributed by atoms with E-state index in [2.05, 4.69) is 0 Å². The molecule has 0 bridgehead atoms. The highest BCUT2D eigenvalue weighted by Crippen LogP contribution is 2.39. The van der Waals surface area contributed by atoms with Gasteiger partial charge in [-0.25, -0.2) is 12.8 Å². The fraction of sp³-hybridized carbons (Fsp3) is 0.238. The number of piperazine rings is 1. The van der Waals surface area contributed by atoms with Crippen molar-refractivity contribution in [1.29, 1.82) is 0 Å². The Kier molecular flexibility index (Phi) is 5.19. The summed E-state index contributed by atoms with van der Waals surface area (Å²) in [5.41, 5.74) is -1.60. The first-order valence-corrected chi connectivity index (χ1v) is 10.7. The highest BCUT2D eigenvalue weighted by Gasteiger charge is 2.39. The van der Waals surface area contributed by atoms with Gasteiger partial charge in [0.2, 0.25) is 10.0 Å². The summed E-state index contributed by atoms with van der Waals surface area (Å²) in [4.78, 5) is 1.51. The predicted octanol–water partition coefficient (Wildman–Crippen LogP) is 4.51. The number of anilines is 1. The van der Waals surface area contributed by atoms with Gasteiger partial charge in [-0.1, -0.05) is 36.4 Å². The lowest BCUT2D eigenvalue weighted by molar-refractivity contribution is -0.139. The summed E-state index contributed by atoms with van der Waals surface area (Å²) in [7, 11) is -3.80. The lowest BCUT2D eigenvalue weighted by Crippen LogP contribution is -2.49. The number of rotatable bonds is 3. The molecule has 4 rings (SSSR count). The maximum Gasteiger partial charge on any atom is 0.421 e. The third kappa shape index (κ3) is 3.75. The van der Waals surface area contributed by atoms with Crippen LogP contribution in [-0.2, 0) is 16.2 Å². The zero-order chi connectivity index (χ0) is 21.5. The molecule has 3 aromatic carbocycles. The van der Waals surface area contributed by atoms with E-state index >= 15 is 0 Å². The van der Waals surface area contributed by atoms with Crippen molar-refractivity contribution in [2.45, 2.75) is 11.1 Å². The predicted molar refractivity (Wildman–Crippen MR) is 106 cm³/mol. The van der Waals surface area contributed by atoms with Crippen molar-refractivity contribution in [3.63, 3.8) is 0 Å². The van der Waals surface area contributed by atoms with Crippen LogP contribution in [0.1, 0.15) is 5.56 Å². The van der Waals surface area contributed by atoms with Gasteiger partial charge in [0.1, 0.15) is 11.4 Å². The van der Waals surface area contributed by atoms with Crippen molar-refractivity contribution >= 4 is 26.5 Å². The summed E-state index contributed by atoms with van der Waals surface area (Å²) < 4.78 is 81.1. The molecule has 1 saturated heterocycles. The molecule has 158 valence electrons. The third-order valence-corrected chi connectivity index (χ3v) is 7.11. The summed E-state index contributed by atoms with van der Waals surface area (Å²) >= 11 is 0. The number of fused-ring (bicyclic) bond motifs is 1. The van der Waals surface area contributed by atoms with Gasteiger partial charge >= 0.3 is 6.18 Å². The number of nitrogens with zero attached hydrogens (tertiary/aromatic N) is 2. The second-order valence-corrected chi connectivity index (χ2v) is 8.97. The maximum absolute atomic E-state index is 13.9. The normalized spacial score (nSPS) is 16.2. The van der Waals surface area contributed by atoms with Crippen molar-refractivity contribution in [2.24, 2.45) is 0 Å². The van der Waals surface area contributed by atoms with E-state index in [4.69, 9.17) is 0 Å². The highest BCUT2D eigenvalue weighted by molar-refractivity contribution is 7.89. The zero-order valence-electron chi connectivity index (χ0n) is 15.7. The molecule has 0 radical (unpaired) electrons. The van der Waals surface area contributed by atoms with E-state index in [1.807, 2.05) is 24.3 Å². The third-order valence-electron chi connectivity index (χ3n) is 5.21. The van der Waals surface area contributed by atoms with E-state index in [0.29, 0.717) is 0 Å². The van der Waals surface area contributed by atoms with Gasteiger partial charge in [-0.2, -0.15) is 17.5 Å². The fourth-order valence-electron chi connectivity index (χ4n) is 3.70. The Balaban J connectivity index is 1.57. The minimum absolute atomic E-state index is 0.00295. The van der Waals surface area contributed by atoms with Crippen LogP contribution in [0, 0.1) is 5.82 Å². The summed E-state index contributed by atoms with van der Waals surface area (Å²) in [6, 6.07) is 15.4. The first-order valence-electron chi connectivity index (χ1n) is 9.27. The van der Waals surface area contributed by atoms with Crippen LogP contribution in [0.4, 0.5) is 23.2 Å². The molecule has 0 saturated carbocycles. The number of sulfonamides is 1. The van der Waals surface area contributed by atoms with Crippen LogP contribution in [0.2, 0.25) is 0 Å². The van der Waals surface area contributed by atoms with Crippen LogP contribution in [0.3, 0.4) is 0 Å². The van der Waals surface area contributed by atoms with Crippen LogP contribution in [0.15, 0.2) is 65.6 Å². The monoisotopic (exact) mass is 438 g/mol. The zero-order valence-corrected chi connectivity index (χ0v) is 16.5. The van der Waals surface area contributed by atoms with Gasteiger partial charge in [0.25, 0.3) is 0 Å². The number of benzene rings is 3. The van der Waals surface area contributed by atoms with E-state index in [-0.39, 0.29) is 36.8 Å². The van der Waals surface area contributed by atoms with Crippen molar-refractivity contribution < 1.29 is 26.0 Å². The number of hydrogen-bond acceptors (Lipinski definition) is 3. The first-order chi connectivity index (χ1) is 14.2. The topological polar surface area (TPSA) is 40.6 Å². The number of hydrogen-bond donors (Lipinski definition) is 0. The van der Waals surface area contributed by atoms with Crippen LogP contribution in [-0.4, -0.2) is 38.9 Å². The van der Waals surface area contributed by atoms with Crippen molar-refractivity contribution in [1.82, 2.24) is 4.31 Å². The van der Waals surface area contributed by atoms with Gasteiger partial charge in [-0.3, -0.25) is 0 Å². The second-order valence-electron chi connectivity index (χ2n) is 7.03. The van der Waals surface area contributed by atoms with Gasteiger partial charge < -0.3 is 4.90 Å². The largest absolute Gasteiger partial charge is 0.421 e. The standard InChI is InChI=1S/C21H18F4N2O2S/c22-18-6-3-7-19(20(18)21(23,24)25)26-10-12-27(13-11-26)30(28,29)17-9-8-15-4-1-2-5-16(15)14-17/h1-9,14H,10-13H2. The quantitative estimate of drug-likeness (QED) is 0.565. The molecule has 9 heteroatoms. The van der Waals surface area contributed by atoms with Gasteiger partial charge in [-0.15, -0.1) is 0 Å². The average Bonchev–Trinajstić information content (AvgIpc) is 2.72. The molecule has 1 fully saturated rings. The van der Waals surface area contributed by atoms with Gasteiger partial charge in [0.15, 0.2) is 0 Å². The van der Waals surface area contributed by atoms with E-state index in [0.717, 1.165) is 16.8 Å². The lowest BCUT2D eigenvalue weighted by Gasteiger charge is -2.36. The van der Waals surface area contributed by atoms with Crippen molar-refractivity contribution in [3.8, 4) is 0 Å². The molecule has 0 amide bonds. The van der Waals surface area contributed by atoms with Crippen LogP contribution in [0.25, 0.3) is 10.8 Å². The summed E-state index contributed by atoms with van der Waals surface area (Å²) in [6.07, 6.45) is -4.84. The molecular weight excluding hydrogens is 420 g/mol.